The molecule has 1 amide bonds. The Morgan fingerprint density at radius 2 is 1.87 bits per heavy atom. The first-order valence-corrected chi connectivity index (χ1v) is 14.0. The molecule has 0 unspecified atom stereocenters. The minimum atomic E-state index is -0.768. The van der Waals surface area contributed by atoms with E-state index in [0.717, 1.165) is 42.8 Å². The number of carbonyl (C=O) groups excluding carboxylic acids is 2. The number of piperidine rings is 1. The van der Waals surface area contributed by atoms with Gasteiger partial charge in [-0.1, -0.05) is 48.0 Å². The normalized spacial score (nSPS) is 23.9. The number of benzene rings is 3. The van der Waals surface area contributed by atoms with Crippen molar-refractivity contribution in [2.24, 2.45) is 16.4 Å². The number of nitrogens with zero attached hydrogens (tertiary/aromatic N) is 3. The number of fused-ring (bicyclic) bond motifs is 4. The van der Waals surface area contributed by atoms with Crippen molar-refractivity contribution in [1.82, 2.24) is 0 Å². The van der Waals surface area contributed by atoms with Gasteiger partial charge in [0.2, 0.25) is 0 Å². The fraction of sp³-hybridized carbons (Fsp3) is 0.344. The number of halogens is 1. The lowest BCUT2D eigenvalue weighted by molar-refractivity contribution is -0.125. The van der Waals surface area contributed by atoms with Gasteiger partial charge in [-0.3, -0.25) is 4.79 Å². The predicted octanol–water partition coefficient (Wildman–Crippen LogP) is 6.31. The fourth-order valence-electron chi connectivity index (χ4n) is 6.64. The summed E-state index contributed by atoms with van der Waals surface area (Å²) in [5.74, 6) is 0.0717. The molecular formula is C32H32ClN3O3. The van der Waals surface area contributed by atoms with Crippen molar-refractivity contribution < 1.29 is 14.3 Å². The summed E-state index contributed by atoms with van der Waals surface area (Å²) in [5.41, 5.74) is 4.75. The molecule has 3 aromatic rings. The van der Waals surface area contributed by atoms with E-state index in [-0.39, 0.29) is 17.9 Å². The number of hydrazone groups is 1. The van der Waals surface area contributed by atoms with Crippen LogP contribution in [0, 0.1) is 11.3 Å². The van der Waals surface area contributed by atoms with Crippen LogP contribution >= 0.6 is 11.6 Å². The first kappa shape index (κ1) is 25.6. The van der Waals surface area contributed by atoms with Crippen LogP contribution in [0.5, 0.6) is 0 Å². The molecule has 3 aromatic carbocycles. The second kappa shape index (κ2) is 10.2. The van der Waals surface area contributed by atoms with E-state index in [4.69, 9.17) is 21.4 Å². The third-order valence-corrected chi connectivity index (χ3v) is 8.80. The number of rotatable bonds is 5. The van der Waals surface area contributed by atoms with Crippen molar-refractivity contribution in [1.29, 1.82) is 0 Å². The number of esters is 1. The quantitative estimate of drug-likeness (QED) is 0.355. The topological polar surface area (TPSA) is 62.2 Å². The number of hydrogen-bond donors (Lipinski definition) is 0. The molecule has 0 saturated carbocycles. The van der Waals surface area contributed by atoms with Crippen LogP contribution in [0.15, 0.2) is 77.9 Å². The Morgan fingerprint density at radius 3 is 2.62 bits per heavy atom. The Kier molecular flexibility index (Phi) is 6.67. The van der Waals surface area contributed by atoms with Crippen molar-refractivity contribution in [3.05, 3.63) is 94.5 Å². The van der Waals surface area contributed by atoms with E-state index < -0.39 is 5.41 Å². The first-order valence-electron chi connectivity index (χ1n) is 13.7. The molecule has 200 valence electrons. The van der Waals surface area contributed by atoms with Gasteiger partial charge < -0.3 is 9.64 Å². The smallest absolute Gasteiger partial charge is 0.338 e. The third kappa shape index (κ3) is 4.41. The zero-order valence-corrected chi connectivity index (χ0v) is 23.0. The predicted molar refractivity (Wildman–Crippen MR) is 155 cm³/mol. The van der Waals surface area contributed by atoms with Crippen LogP contribution in [0.25, 0.3) is 0 Å². The second-order valence-corrected chi connectivity index (χ2v) is 11.2. The van der Waals surface area contributed by atoms with Gasteiger partial charge in [0.15, 0.2) is 0 Å². The van der Waals surface area contributed by atoms with Crippen LogP contribution in [0.1, 0.15) is 48.2 Å². The fourth-order valence-corrected chi connectivity index (χ4v) is 6.81. The molecule has 0 radical (unpaired) electrons. The molecule has 3 aliphatic heterocycles. The molecule has 1 saturated heterocycles. The molecule has 0 bridgehead atoms. The van der Waals surface area contributed by atoms with Crippen LogP contribution in [0.2, 0.25) is 5.02 Å². The number of amides is 1. The number of hydrogen-bond acceptors (Lipinski definition) is 5. The molecule has 3 aliphatic rings. The first-order chi connectivity index (χ1) is 18.9. The molecule has 1 spiro atoms. The van der Waals surface area contributed by atoms with Crippen LogP contribution in [-0.4, -0.2) is 36.8 Å². The van der Waals surface area contributed by atoms with Gasteiger partial charge in [0.25, 0.3) is 5.91 Å². The highest BCUT2D eigenvalue weighted by molar-refractivity contribution is 6.31. The largest absolute Gasteiger partial charge is 0.462 e. The van der Waals surface area contributed by atoms with Crippen molar-refractivity contribution in [2.75, 3.05) is 23.1 Å². The average molecular weight is 542 g/mol. The Hall–Kier alpha value is -3.64. The summed E-state index contributed by atoms with van der Waals surface area (Å²) in [4.78, 5) is 29.0. The lowest BCUT2D eigenvalue weighted by Gasteiger charge is -2.52. The Morgan fingerprint density at radius 1 is 1.10 bits per heavy atom. The molecule has 6 rings (SSSR count). The van der Waals surface area contributed by atoms with Gasteiger partial charge in [-0.15, -0.1) is 0 Å². The summed E-state index contributed by atoms with van der Waals surface area (Å²) >= 11 is 6.45. The zero-order valence-electron chi connectivity index (χ0n) is 22.3. The van der Waals surface area contributed by atoms with Crippen LogP contribution < -0.4 is 9.91 Å². The SMILES string of the molecule is CCOC(=O)c1ccc(N2N=C(C)[C@]3(Cc4ccc(Cl)cc4N4CC[C@@H](Cc5ccccc5)C[C@@H]43)C2=O)cc1. The summed E-state index contributed by atoms with van der Waals surface area (Å²) in [6.45, 7) is 4.95. The van der Waals surface area contributed by atoms with E-state index in [9.17, 15) is 9.59 Å². The zero-order chi connectivity index (χ0) is 27.1. The maximum atomic E-state index is 14.5. The molecule has 3 heterocycles. The third-order valence-electron chi connectivity index (χ3n) is 8.57. The van der Waals surface area contributed by atoms with E-state index in [0.29, 0.717) is 35.2 Å². The molecule has 39 heavy (non-hydrogen) atoms. The molecule has 0 aliphatic carbocycles. The molecule has 0 N–H and O–H groups in total. The summed E-state index contributed by atoms with van der Waals surface area (Å²) in [7, 11) is 0. The van der Waals surface area contributed by atoms with Crippen LogP contribution in [-0.2, 0) is 22.4 Å². The average Bonchev–Trinajstić information content (AvgIpc) is 3.20. The van der Waals surface area contributed by atoms with Gasteiger partial charge in [-0.05, 0) is 93.0 Å². The second-order valence-electron chi connectivity index (χ2n) is 10.8. The van der Waals surface area contributed by atoms with E-state index in [1.807, 2.05) is 25.1 Å². The van der Waals surface area contributed by atoms with Gasteiger partial charge >= 0.3 is 5.97 Å². The minimum absolute atomic E-state index is 0.0140. The molecule has 6 nitrogen and oxygen atoms in total. The summed E-state index contributed by atoms with van der Waals surface area (Å²) in [6.07, 6.45) is 3.53. The standard InChI is InChI=1S/C32H32ClN3O3/c1-3-39-30(37)24-10-13-27(14-11-24)36-31(38)32(21(2)34-36)20-25-9-12-26(33)19-28(25)35-16-15-23(18-29(32)35)17-22-7-5-4-6-8-22/h4-14,19,23,29H,3,15-18,20H2,1-2H3/t23-,29+,32-/m0/s1. The Bertz CT molecular complexity index is 1440. The van der Waals surface area contributed by atoms with Crippen LogP contribution in [0.4, 0.5) is 11.4 Å². The molecular weight excluding hydrogens is 510 g/mol. The number of ether oxygens (including phenoxy) is 1. The summed E-state index contributed by atoms with van der Waals surface area (Å²) in [5, 5.41) is 7.09. The minimum Gasteiger partial charge on any atom is -0.462 e. The van der Waals surface area contributed by atoms with E-state index in [1.54, 1.807) is 31.2 Å². The highest BCUT2D eigenvalue weighted by Crippen LogP contribution is 2.51. The summed E-state index contributed by atoms with van der Waals surface area (Å²) < 4.78 is 5.11. The van der Waals surface area contributed by atoms with Crippen molar-refractivity contribution in [3.63, 3.8) is 0 Å². The number of anilines is 2. The molecule has 1 fully saturated rings. The van der Waals surface area contributed by atoms with Gasteiger partial charge in [0.1, 0.15) is 5.41 Å². The monoisotopic (exact) mass is 541 g/mol. The van der Waals surface area contributed by atoms with Gasteiger partial charge in [-0.2, -0.15) is 10.1 Å². The van der Waals surface area contributed by atoms with Gasteiger partial charge in [0.05, 0.1) is 23.6 Å². The van der Waals surface area contributed by atoms with Crippen molar-refractivity contribution in [2.45, 2.75) is 45.6 Å². The number of carbonyl (C=O) groups is 2. The Balaban J connectivity index is 1.36. The van der Waals surface area contributed by atoms with E-state index in [2.05, 4.69) is 35.2 Å². The maximum Gasteiger partial charge on any atom is 0.338 e. The molecule has 3 atom stereocenters. The molecule has 7 heteroatoms. The highest BCUT2D eigenvalue weighted by atomic mass is 35.5. The van der Waals surface area contributed by atoms with E-state index >= 15 is 0 Å². The van der Waals surface area contributed by atoms with Gasteiger partial charge in [0, 0.05) is 23.3 Å². The van der Waals surface area contributed by atoms with Crippen molar-refractivity contribution >= 4 is 40.6 Å². The summed E-state index contributed by atoms with van der Waals surface area (Å²) in [6, 6.07) is 23.5. The lowest BCUT2D eigenvalue weighted by atomic mass is 9.64. The van der Waals surface area contributed by atoms with Gasteiger partial charge in [-0.25, -0.2) is 4.79 Å². The highest BCUT2D eigenvalue weighted by Gasteiger charge is 2.59. The molecule has 0 aromatic heterocycles. The van der Waals surface area contributed by atoms with Crippen LogP contribution in [0.3, 0.4) is 0 Å². The maximum absolute atomic E-state index is 14.5. The van der Waals surface area contributed by atoms with E-state index in [1.165, 1.54) is 10.6 Å². The Labute approximate surface area is 234 Å². The van der Waals surface area contributed by atoms with Crippen molar-refractivity contribution in [3.8, 4) is 0 Å². The lowest BCUT2D eigenvalue weighted by Crippen LogP contribution is -2.62.